The smallest absolute Gasteiger partial charge is 0.161 e. The Balaban J connectivity index is 2.46. The minimum Gasteiger partial charge on any atom is -0.472 e. The van der Waals surface area contributed by atoms with Crippen LogP contribution in [0, 0.1) is 0 Å². The normalized spacial score (nSPS) is 10.4. The molecule has 0 fully saturated rings. The number of hydrogen-bond donors (Lipinski definition) is 0. The second-order valence-corrected chi connectivity index (χ2v) is 3.84. The van der Waals surface area contributed by atoms with Gasteiger partial charge in [-0.1, -0.05) is 6.92 Å². The molecule has 0 aliphatic carbocycles. The number of aryl methyl sites for hydroxylation is 1. The van der Waals surface area contributed by atoms with Gasteiger partial charge in [-0.25, -0.2) is 4.98 Å². The SMILES string of the molecule is CCc1nc(-c2ccoc2)sc1C=O. The Morgan fingerprint density at radius 2 is 2.50 bits per heavy atom. The second-order valence-electron chi connectivity index (χ2n) is 2.81. The molecule has 4 heteroatoms. The zero-order chi connectivity index (χ0) is 9.97. The standard InChI is InChI=1S/C10H9NO2S/c1-2-8-9(5-12)14-10(11-8)7-3-4-13-6-7/h3-6H,2H2,1H3. The molecule has 0 amide bonds. The number of hydrogen-bond acceptors (Lipinski definition) is 4. The van der Waals surface area contributed by atoms with Crippen molar-refractivity contribution in [1.29, 1.82) is 0 Å². The van der Waals surface area contributed by atoms with Crippen molar-refractivity contribution in [2.45, 2.75) is 13.3 Å². The molecule has 0 unspecified atom stereocenters. The third-order valence-electron chi connectivity index (χ3n) is 1.94. The fourth-order valence-electron chi connectivity index (χ4n) is 1.22. The summed E-state index contributed by atoms with van der Waals surface area (Å²) in [7, 11) is 0. The molecule has 72 valence electrons. The molecule has 0 aromatic carbocycles. The molecule has 0 N–H and O–H groups in total. The average molecular weight is 207 g/mol. The number of aromatic nitrogens is 1. The summed E-state index contributed by atoms with van der Waals surface area (Å²) in [5.74, 6) is 0. The van der Waals surface area contributed by atoms with Gasteiger partial charge in [-0.15, -0.1) is 11.3 Å². The number of carbonyl (C=O) groups is 1. The van der Waals surface area contributed by atoms with Crippen molar-refractivity contribution >= 4 is 17.6 Å². The van der Waals surface area contributed by atoms with Gasteiger partial charge in [-0.3, -0.25) is 4.79 Å². The molecule has 0 saturated heterocycles. The molecular weight excluding hydrogens is 198 g/mol. The highest BCUT2D eigenvalue weighted by Crippen LogP contribution is 2.27. The molecule has 3 nitrogen and oxygen atoms in total. The van der Waals surface area contributed by atoms with E-state index in [0.717, 1.165) is 29.0 Å². The van der Waals surface area contributed by atoms with Gasteiger partial charge in [-0.05, 0) is 12.5 Å². The van der Waals surface area contributed by atoms with Crippen molar-refractivity contribution in [2.24, 2.45) is 0 Å². The lowest BCUT2D eigenvalue weighted by molar-refractivity contribution is 0.112. The van der Waals surface area contributed by atoms with Crippen LogP contribution in [-0.2, 0) is 6.42 Å². The number of aldehydes is 1. The summed E-state index contributed by atoms with van der Waals surface area (Å²) < 4.78 is 4.96. The van der Waals surface area contributed by atoms with Crippen LogP contribution in [0.15, 0.2) is 23.0 Å². The van der Waals surface area contributed by atoms with E-state index in [1.54, 1.807) is 12.5 Å². The van der Waals surface area contributed by atoms with Gasteiger partial charge < -0.3 is 4.42 Å². The summed E-state index contributed by atoms with van der Waals surface area (Å²) in [6, 6.07) is 1.84. The van der Waals surface area contributed by atoms with E-state index in [-0.39, 0.29) is 0 Å². The topological polar surface area (TPSA) is 43.1 Å². The van der Waals surface area contributed by atoms with Crippen LogP contribution in [0.5, 0.6) is 0 Å². The molecule has 2 heterocycles. The number of rotatable bonds is 3. The van der Waals surface area contributed by atoms with Crippen molar-refractivity contribution < 1.29 is 9.21 Å². The van der Waals surface area contributed by atoms with Gasteiger partial charge in [0.1, 0.15) is 11.3 Å². The molecular formula is C10H9NO2S. The van der Waals surface area contributed by atoms with Gasteiger partial charge in [0.2, 0.25) is 0 Å². The first kappa shape index (κ1) is 9.15. The van der Waals surface area contributed by atoms with Crippen LogP contribution in [0.2, 0.25) is 0 Å². The van der Waals surface area contributed by atoms with E-state index in [0.29, 0.717) is 4.88 Å². The molecule has 0 saturated carbocycles. The first-order valence-corrected chi connectivity index (χ1v) is 5.14. The monoisotopic (exact) mass is 207 g/mol. The molecule has 14 heavy (non-hydrogen) atoms. The number of carbonyl (C=O) groups excluding carboxylic acids is 1. The maximum atomic E-state index is 10.7. The van der Waals surface area contributed by atoms with Crippen LogP contribution in [-0.4, -0.2) is 11.3 Å². The fourth-order valence-corrected chi connectivity index (χ4v) is 2.17. The van der Waals surface area contributed by atoms with Crippen LogP contribution >= 0.6 is 11.3 Å². The Morgan fingerprint density at radius 3 is 3.00 bits per heavy atom. The van der Waals surface area contributed by atoms with Crippen LogP contribution in [0.3, 0.4) is 0 Å². The molecule has 2 rings (SSSR count). The van der Waals surface area contributed by atoms with Gasteiger partial charge in [0.25, 0.3) is 0 Å². The van der Waals surface area contributed by atoms with E-state index in [9.17, 15) is 4.79 Å². The Bertz CT molecular complexity index is 431. The first-order valence-electron chi connectivity index (χ1n) is 4.32. The Hall–Kier alpha value is -1.42. The maximum Gasteiger partial charge on any atom is 0.161 e. The largest absolute Gasteiger partial charge is 0.472 e. The molecule has 0 atom stereocenters. The van der Waals surface area contributed by atoms with Gasteiger partial charge >= 0.3 is 0 Å². The summed E-state index contributed by atoms with van der Waals surface area (Å²) in [5.41, 5.74) is 1.79. The van der Waals surface area contributed by atoms with Crippen molar-refractivity contribution in [2.75, 3.05) is 0 Å². The Labute approximate surface area is 85.4 Å². The van der Waals surface area contributed by atoms with E-state index in [4.69, 9.17) is 4.42 Å². The summed E-state index contributed by atoms with van der Waals surface area (Å²) in [5, 5.41) is 0.845. The van der Waals surface area contributed by atoms with Crippen molar-refractivity contribution in [3.05, 3.63) is 29.2 Å². The zero-order valence-corrected chi connectivity index (χ0v) is 8.50. The predicted octanol–water partition coefficient (Wildman–Crippen LogP) is 2.78. The van der Waals surface area contributed by atoms with Crippen molar-refractivity contribution in [1.82, 2.24) is 4.98 Å². The van der Waals surface area contributed by atoms with Crippen LogP contribution in [0.1, 0.15) is 22.3 Å². The minimum atomic E-state index is 0.712. The molecule has 2 aromatic rings. The maximum absolute atomic E-state index is 10.7. The third kappa shape index (κ3) is 1.48. The lowest BCUT2D eigenvalue weighted by Crippen LogP contribution is -1.85. The quantitative estimate of drug-likeness (QED) is 0.727. The predicted molar refractivity (Wildman–Crippen MR) is 54.6 cm³/mol. The van der Waals surface area contributed by atoms with E-state index in [1.165, 1.54) is 11.3 Å². The molecule has 0 aliphatic heterocycles. The van der Waals surface area contributed by atoms with Crippen LogP contribution < -0.4 is 0 Å². The molecule has 0 radical (unpaired) electrons. The highest BCUT2D eigenvalue weighted by Gasteiger charge is 2.10. The van der Waals surface area contributed by atoms with E-state index >= 15 is 0 Å². The Kier molecular flexibility index (Phi) is 2.45. The van der Waals surface area contributed by atoms with Crippen molar-refractivity contribution in [3.63, 3.8) is 0 Å². The van der Waals surface area contributed by atoms with Gasteiger partial charge in [-0.2, -0.15) is 0 Å². The average Bonchev–Trinajstić information content (AvgIpc) is 2.85. The number of nitrogens with zero attached hydrogens (tertiary/aromatic N) is 1. The third-order valence-corrected chi connectivity index (χ3v) is 3.01. The van der Waals surface area contributed by atoms with Crippen LogP contribution in [0.25, 0.3) is 10.6 Å². The number of thiazole rings is 1. The Morgan fingerprint density at radius 1 is 1.64 bits per heavy atom. The molecule has 0 spiro atoms. The summed E-state index contributed by atoms with van der Waals surface area (Å²) >= 11 is 1.40. The van der Waals surface area contributed by atoms with Crippen molar-refractivity contribution in [3.8, 4) is 10.6 Å². The molecule has 0 bridgehead atoms. The highest BCUT2D eigenvalue weighted by atomic mass is 32.1. The summed E-state index contributed by atoms with van der Waals surface area (Å²) in [6.45, 7) is 1.99. The van der Waals surface area contributed by atoms with E-state index in [1.807, 2.05) is 13.0 Å². The van der Waals surface area contributed by atoms with Gasteiger partial charge in [0.05, 0.1) is 16.8 Å². The lowest BCUT2D eigenvalue weighted by atomic mass is 10.3. The first-order chi connectivity index (χ1) is 6.85. The summed E-state index contributed by atoms with van der Waals surface area (Å²) in [6.07, 6.45) is 4.87. The van der Waals surface area contributed by atoms with E-state index < -0.39 is 0 Å². The minimum absolute atomic E-state index is 0.712. The zero-order valence-electron chi connectivity index (χ0n) is 7.69. The molecule has 2 aromatic heterocycles. The lowest BCUT2D eigenvalue weighted by Gasteiger charge is -1.86. The van der Waals surface area contributed by atoms with Gasteiger partial charge in [0.15, 0.2) is 6.29 Å². The van der Waals surface area contributed by atoms with Gasteiger partial charge in [0, 0.05) is 5.56 Å². The van der Waals surface area contributed by atoms with E-state index in [2.05, 4.69) is 4.98 Å². The van der Waals surface area contributed by atoms with Crippen LogP contribution in [0.4, 0.5) is 0 Å². The summed E-state index contributed by atoms with van der Waals surface area (Å²) in [4.78, 5) is 15.8. The highest BCUT2D eigenvalue weighted by molar-refractivity contribution is 7.16. The number of furan rings is 1. The fraction of sp³-hybridized carbons (Fsp3) is 0.200. The second kappa shape index (κ2) is 3.75. The molecule has 0 aliphatic rings.